The monoisotopic (exact) mass is 243 g/mol. The van der Waals surface area contributed by atoms with Crippen LogP contribution in [-0.4, -0.2) is 65.4 Å². The first kappa shape index (κ1) is 13.4. The van der Waals surface area contributed by atoms with Crippen molar-refractivity contribution in [2.75, 3.05) is 32.7 Å². The number of hydrogen-bond acceptors (Lipinski definition) is 4. The van der Waals surface area contributed by atoms with Crippen LogP contribution in [0, 0.1) is 0 Å². The highest BCUT2D eigenvalue weighted by atomic mass is 16.4. The highest BCUT2D eigenvalue weighted by Gasteiger charge is 2.21. The van der Waals surface area contributed by atoms with E-state index in [1.807, 2.05) is 4.90 Å². The predicted octanol–water partition coefficient (Wildman–Crippen LogP) is -1.52. The zero-order chi connectivity index (χ0) is 12.8. The van der Waals surface area contributed by atoms with Crippen molar-refractivity contribution in [3.8, 4) is 0 Å². The summed E-state index contributed by atoms with van der Waals surface area (Å²) in [6.07, 6.45) is 0.245. The second-order valence-electron chi connectivity index (χ2n) is 4.05. The lowest BCUT2D eigenvalue weighted by Gasteiger charge is -2.20. The van der Waals surface area contributed by atoms with Gasteiger partial charge in [0.05, 0.1) is 6.54 Å². The van der Waals surface area contributed by atoms with Crippen molar-refractivity contribution < 1.29 is 19.5 Å². The van der Waals surface area contributed by atoms with Gasteiger partial charge in [-0.05, 0) is 6.42 Å². The molecule has 0 atom stereocenters. The number of aliphatic carboxylic acids is 1. The van der Waals surface area contributed by atoms with E-state index in [0.29, 0.717) is 26.2 Å². The standard InChI is InChI=1S/C10H17N3O4/c11-8(14)7-12-2-1-3-13(5-4-12)9(15)6-10(16)17/h1-7H2,(H2,11,14)(H,16,17). The summed E-state index contributed by atoms with van der Waals surface area (Å²) in [5.74, 6) is -1.89. The summed E-state index contributed by atoms with van der Waals surface area (Å²) in [7, 11) is 0. The fourth-order valence-corrected chi connectivity index (χ4v) is 1.84. The molecule has 1 fully saturated rings. The van der Waals surface area contributed by atoms with Crippen molar-refractivity contribution in [2.24, 2.45) is 5.73 Å². The third-order valence-electron chi connectivity index (χ3n) is 2.62. The molecule has 0 saturated carbocycles. The number of nitrogens with zero attached hydrogens (tertiary/aromatic N) is 2. The van der Waals surface area contributed by atoms with Crippen molar-refractivity contribution in [3.63, 3.8) is 0 Å². The minimum atomic E-state index is -1.12. The summed E-state index contributed by atoms with van der Waals surface area (Å²) in [4.78, 5) is 36.1. The van der Waals surface area contributed by atoms with Crippen LogP contribution in [0.25, 0.3) is 0 Å². The minimum Gasteiger partial charge on any atom is -0.481 e. The zero-order valence-corrected chi connectivity index (χ0v) is 9.59. The molecule has 17 heavy (non-hydrogen) atoms. The molecular weight excluding hydrogens is 226 g/mol. The Bertz CT molecular complexity index is 319. The fourth-order valence-electron chi connectivity index (χ4n) is 1.84. The van der Waals surface area contributed by atoms with Gasteiger partial charge in [-0.2, -0.15) is 0 Å². The average molecular weight is 243 g/mol. The van der Waals surface area contributed by atoms with Crippen molar-refractivity contribution in [1.82, 2.24) is 9.80 Å². The predicted molar refractivity (Wildman–Crippen MR) is 59.1 cm³/mol. The Kier molecular flexibility index (Phi) is 4.89. The van der Waals surface area contributed by atoms with E-state index < -0.39 is 18.3 Å². The van der Waals surface area contributed by atoms with Crippen LogP contribution in [0.3, 0.4) is 0 Å². The zero-order valence-electron chi connectivity index (χ0n) is 9.59. The Morgan fingerprint density at radius 2 is 1.82 bits per heavy atom. The number of carboxylic acids is 1. The number of carbonyl (C=O) groups is 3. The number of carbonyl (C=O) groups excluding carboxylic acids is 2. The first-order valence-corrected chi connectivity index (χ1v) is 5.49. The molecule has 1 heterocycles. The lowest BCUT2D eigenvalue weighted by molar-refractivity contribution is -0.144. The molecule has 7 nitrogen and oxygen atoms in total. The Labute approximate surface area is 99.2 Å². The van der Waals surface area contributed by atoms with Crippen molar-refractivity contribution in [1.29, 1.82) is 0 Å². The summed E-state index contributed by atoms with van der Waals surface area (Å²) < 4.78 is 0. The third-order valence-corrected chi connectivity index (χ3v) is 2.62. The molecule has 7 heteroatoms. The highest BCUT2D eigenvalue weighted by molar-refractivity contribution is 5.93. The number of nitrogens with two attached hydrogens (primary N) is 1. The number of amides is 2. The molecule has 0 aliphatic carbocycles. The Balaban J connectivity index is 2.44. The van der Waals surface area contributed by atoms with Crippen molar-refractivity contribution in [3.05, 3.63) is 0 Å². The van der Waals surface area contributed by atoms with E-state index >= 15 is 0 Å². The maximum atomic E-state index is 11.5. The van der Waals surface area contributed by atoms with Crippen LogP contribution in [0.15, 0.2) is 0 Å². The molecule has 0 bridgehead atoms. The van der Waals surface area contributed by atoms with Gasteiger partial charge < -0.3 is 15.7 Å². The lowest BCUT2D eigenvalue weighted by Crippen LogP contribution is -2.38. The van der Waals surface area contributed by atoms with Crippen LogP contribution < -0.4 is 5.73 Å². The topological polar surface area (TPSA) is 104 Å². The van der Waals surface area contributed by atoms with Gasteiger partial charge in [0.2, 0.25) is 11.8 Å². The molecule has 96 valence electrons. The number of carboxylic acid groups (broad SMARTS) is 1. The Hall–Kier alpha value is -1.63. The molecular formula is C10H17N3O4. The van der Waals surface area contributed by atoms with E-state index in [4.69, 9.17) is 10.8 Å². The second kappa shape index (κ2) is 6.19. The molecule has 3 N–H and O–H groups in total. The van der Waals surface area contributed by atoms with Crippen LogP contribution in [0.4, 0.5) is 0 Å². The molecule has 2 amide bonds. The van der Waals surface area contributed by atoms with Gasteiger partial charge in [-0.3, -0.25) is 19.3 Å². The molecule has 0 spiro atoms. The fraction of sp³-hybridized carbons (Fsp3) is 0.700. The van der Waals surface area contributed by atoms with Gasteiger partial charge in [-0.1, -0.05) is 0 Å². The van der Waals surface area contributed by atoms with E-state index in [1.54, 1.807) is 0 Å². The molecule has 0 unspecified atom stereocenters. The summed E-state index contributed by atoms with van der Waals surface area (Å²) in [6, 6.07) is 0. The number of hydrogen-bond donors (Lipinski definition) is 2. The van der Waals surface area contributed by atoms with Crippen LogP contribution in [0.5, 0.6) is 0 Å². The first-order valence-electron chi connectivity index (χ1n) is 5.49. The normalized spacial score (nSPS) is 17.5. The van der Waals surface area contributed by atoms with Gasteiger partial charge in [0.25, 0.3) is 0 Å². The molecule has 0 aromatic rings. The van der Waals surface area contributed by atoms with E-state index in [2.05, 4.69) is 0 Å². The summed E-state index contributed by atoms with van der Waals surface area (Å²) >= 11 is 0. The van der Waals surface area contributed by atoms with Gasteiger partial charge in [-0.25, -0.2) is 0 Å². The molecule has 1 aliphatic rings. The molecule has 1 saturated heterocycles. The summed E-state index contributed by atoms with van der Waals surface area (Å²) in [5.41, 5.74) is 5.10. The van der Waals surface area contributed by atoms with Crippen LogP contribution in [0.2, 0.25) is 0 Å². The number of primary amides is 1. The van der Waals surface area contributed by atoms with Crippen molar-refractivity contribution in [2.45, 2.75) is 12.8 Å². The third kappa shape index (κ3) is 4.81. The largest absolute Gasteiger partial charge is 0.481 e. The maximum absolute atomic E-state index is 11.5. The number of rotatable bonds is 4. The van der Waals surface area contributed by atoms with Gasteiger partial charge >= 0.3 is 5.97 Å². The van der Waals surface area contributed by atoms with Gasteiger partial charge in [-0.15, -0.1) is 0 Å². The van der Waals surface area contributed by atoms with Crippen LogP contribution in [0.1, 0.15) is 12.8 Å². The highest BCUT2D eigenvalue weighted by Crippen LogP contribution is 2.04. The summed E-state index contributed by atoms with van der Waals surface area (Å²) in [6.45, 7) is 2.40. The Morgan fingerprint density at radius 1 is 1.12 bits per heavy atom. The Morgan fingerprint density at radius 3 is 2.41 bits per heavy atom. The van der Waals surface area contributed by atoms with E-state index in [-0.39, 0.29) is 12.5 Å². The molecule has 0 radical (unpaired) electrons. The SMILES string of the molecule is NC(=O)CN1CCCN(C(=O)CC(=O)O)CC1. The lowest BCUT2D eigenvalue weighted by atomic mass is 10.3. The first-order chi connectivity index (χ1) is 7.99. The molecule has 0 aromatic heterocycles. The van der Waals surface area contributed by atoms with Gasteiger partial charge in [0, 0.05) is 26.2 Å². The second-order valence-corrected chi connectivity index (χ2v) is 4.05. The van der Waals surface area contributed by atoms with E-state index in [0.717, 1.165) is 6.42 Å². The van der Waals surface area contributed by atoms with E-state index in [1.165, 1.54) is 4.90 Å². The quantitative estimate of drug-likeness (QED) is 0.584. The minimum absolute atomic E-state index is 0.182. The smallest absolute Gasteiger partial charge is 0.312 e. The van der Waals surface area contributed by atoms with E-state index in [9.17, 15) is 14.4 Å². The van der Waals surface area contributed by atoms with Gasteiger partial charge in [0.15, 0.2) is 0 Å². The molecule has 1 aliphatic heterocycles. The van der Waals surface area contributed by atoms with Gasteiger partial charge in [0.1, 0.15) is 6.42 Å². The van der Waals surface area contributed by atoms with Crippen molar-refractivity contribution >= 4 is 17.8 Å². The molecule has 1 rings (SSSR count). The summed E-state index contributed by atoms with van der Waals surface area (Å²) in [5, 5.41) is 8.54. The average Bonchev–Trinajstić information content (AvgIpc) is 2.41. The van der Waals surface area contributed by atoms with Crippen LogP contribution >= 0.6 is 0 Å². The molecule has 0 aromatic carbocycles. The maximum Gasteiger partial charge on any atom is 0.312 e. The van der Waals surface area contributed by atoms with Crippen LogP contribution in [-0.2, 0) is 14.4 Å².